The van der Waals surface area contributed by atoms with Crippen LogP contribution in [0.15, 0.2) is 0 Å². The molecule has 2 saturated heterocycles. The molecule has 8 heteroatoms. The van der Waals surface area contributed by atoms with Crippen molar-refractivity contribution in [2.24, 2.45) is 5.92 Å². The van der Waals surface area contributed by atoms with Crippen LogP contribution < -0.4 is 0 Å². The van der Waals surface area contributed by atoms with Gasteiger partial charge in [-0.25, -0.2) is 0 Å². The molecule has 8 nitrogen and oxygen atoms in total. The van der Waals surface area contributed by atoms with Gasteiger partial charge in [-0.1, -0.05) is 0 Å². The minimum atomic E-state index is -1.01. The van der Waals surface area contributed by atoms with E-state index in [1.54, 1.807) is 0 Å². The average molecular weight is 328 g/mol. The summed E-state index contributed by atoms with van der Waals surface area (Å²) in [6.45, 7) is 5.04. The maximum atomic E-state index is 11.8. The van der Waals surface area contributed by atoms with Gasteiger partial charge in [-0.05, 0) is 13.3 Å². The van der Waals surface area contributed by atoms with E-state index < -0.39 is 54.3 Å². The van der Waals surface area contributed by atoms with Crippen molar-refractivity contribution in [1.29, 1.82) is 0 Å². The summed E-state index contributed by atoms with van der Waals surface area (Å²) in [4.78, 5) is 46.0. The Hall–Kier alpha value is -1.96. The molecule has 2 aliphatic rings. The van der Waals surface area contributed by atoms with Crippen LogP contribution in [0, 0.1) is 5.92 Å². The highest BCUT2D eigenvalue weighted by atomic mass is 16.6. The Kier molecular flexibility index (Phi) is 5.03. The number of ketones is 1. The fourth-order valence-electron chi connectivity index (χ4n) is 3.22. The van der Waals surface area contributed by atoms with Gasteiger partial charge in [-0.2, -0.15) is 0 Å². The van der Waals surface area contributed by atoms with Gasteiger partial charge in [-0.15, -0.1) is 0 Å². The van der Waals surface area contributed by atoms with Crippen LogP contribution in [-0.2, 0) is 38.1 Å². The molecule has 0 aliphatic carbocycles. The van der Waals surface area contributed by atoms with Gasteiger partial charge in [0.2, 0.25) is 0 Å². The quantitative estimate of drug-likeness (QED) is 0.531. The SMILES string of the molecule is CC(=O)O[C@H]1[C@H](OC(C)=O)C2C[C@H](C(C)=O)C(O2)[C@@H]1OC(C)=O. The summed E-state index contributed by atoms with van der Waals surface area (Å²) in [6.07, 6.45) is -3.94. The van der Waals surface area contributed by atoms with E-state index in [-0.39, 0.29) is 5.78 Å². The van der Waals surface area contributed by atoms with Crippen LogP contribution in [-0.4, -0.2) is 54.2 Å². The summed E-state index contributed by atoms with van der Waals surface area (Å²) in [5.41, 5.74) is 0. The molecule has 0 aromatic rings. The minimum absolute atomic E-state index is 0.125. The molecule has 2 rings (SSSR count). The Bertz CT molecular complexity index is 512. The standard InChI is InChI=1S/C15H20O8/c1-6(16)10-5-11-13(20-7(2)17)15(22-9(4)19)14(12(10)23-11)21-8(3)18/h10-15H,5H2,1-4H3/t10-,11?,12?,13-,14+,15+/m1/s1. The lowest BCUT2D eigenvalue weighted by Crippen LogP contribution is -2.58. The molecular weight excluding hydrogens is 308 g/mol. The van der Waals surface area contributed by atoms with Crippen molar-refractivity contribution in [3.63, 3.8) is 0 Å². The summed E-state index contributed by atoms with van der Waals surface area (Å²) < 4.78 is 21.5. The monoisotopic (exact) mass is 328 g/mol. The average Bonchev–Trinajstić information content (AvgIpc) is 2.79. The second-order valence-corrected chi connectivity index (χ2v) is 5.81. The fraction of sp³-hybridized carbons (Fsp3) is 0.733. The number of carbonyl (C=O) groups is 4. The Morgan fingerprint density at radius 3 is 1.74 bits per heavy atom. The van der Waals surface area contributed by atoms with Gasteiger partial charge in [0.05, 0.1) is 12.0 Å². The van der Waals surface area contributed by atoms with Gasteiger partial charge in [0.1, 0.15) is 11.9 Å². The molecule has 2 aliphatic heterocycles. The predicted molar refractivity (Wildman–Crippen MR) is 74.1 cm³/mol. The van der Waals surface area contributed by atoms with E-state index in [0.717, 1.165) is 0 Å². The largest absolute Gasteiger partial charge is 0.456 e. The molecule has 0 radical (unpaired) electrons. The zero-order valence-corrected chi connectivity index (χ0v) is 13.4. The second-order valence-electron chi connectivity index (χ2n) is 5.81. The Morgan fingerprint density at radius 2 is 1.26 bits per heavy atom. The zero-order valence-electron chi connectivity index (χ0n) is 13.4. The van der Waals surface area contributed by atoms with Gasteiger partial charge in [0.25, 0.3) is 0 Å². The van der Waals surface area contributed by atoms with Gasteiger partial charge < -0.3 is 18.9 Å². The van der Waals surface area contributed by atoms with E-state index in [1.807, 2.05) is 0 Å². The molecule has 0 aromatic heterocycles. The van der Waals surface area contributed by atoms with E-state index in [9.17, 15) is 19.2 Å². The number of ether oxygens (including phenoxy) is 4. The lowest BCUT2D eigenvalue weighted by Gasteiger charge is -2.40. The lowest BCUT2D eigenvalue weighted by molar-refractivity contribution is -0.232. The number of hydrogen-bond donors (Lipinski definition) is 0. The highest BCUT2D eigenvalue weighted by molar-refractivity contribution is 5.79. The normalized spacial score (nSPS) is 35.3. The van der Waals surface area contributed by atoms with E-state index in [4.69, 9.17) is 18.9 Å². The first-order chi connectivity index (χ1) is 10.7. The highest BCUT2D eigenvalue weighted by Gasteiger charge is 2.59. The molecule has 0 spiro atoms. The number of carbonyl (C=O) groups excluding carboxylic acids is 4. The maximum Gasteiger partial charge on any atom is 0.303 e. The first-order valence-electron chi connectivity index (χ1n) is 7.38. The molecule has 0 saturated carbocycles. The highest BCUT2D eigenvalue weighted by Crippen LogP contribution is 2.41. The smallest absolute Gasteiger partial charge is 0.303 e. The lowest BCUT2D eigenvalue weighted by atomic mass is 9.93. The topological polar surface area (TPSA) is 105 Å². The first kappa shape index (κ1) is 17.4. The molecule has 2 bridgehead atoms. The van der Waals surface area contributed by atoms with Crippen LogP contribution in [0.1, 0.15) is 34.1 Å². The van der Waals surface area contributed by atoms with Crippen LogP contribution in [0.3, 0.4) is 0 Å². The maximum absolute atomic E-state index is 11.8. The van der Waals surface area contributed by atoms with Crippen LogP contribution in [0.25, 0.3) is 0 Å². The van der Waals surface area contributed by atoms with Gasteiger partial charge in [-0.3, -0.25) is 19.2 Å². The third-order valence-corrected chi connectivity index (χ3v) is 3.98. The molecule has 23 heavy (non-hydrogen) atoms. The second kappa shape index (κ2) is 6.66. The van der Waals surface area contributed by atoms with Crippen molar-refractivity contribution in [2.75, 3.05) is 0 Å². The molecule has 0 aromatic carbocycles. The van der Waals surface area contributed by atoms with Crippen molar-refractivity contribution in [1.82, 2.24) is 0 Å². The third-order valence-electron chi connectivity index (χ3n) is 3.98. The summed E-state index contributed by atoms with van der Waals surface area (Å²) >= 11 is 0. The number of hydrogen-bond acceptors (Lipinski definition) is 8. The van der Waals surface area contributed by atoms with E-state index in [1.165, 1.54) is 27.7 Å². The summed E-state index contributed by atoms with van der Waals surface area (Å²) in [5.74, 6) is -2.43. The molecule has 6 atom stereocenters. The zero-order chi connectivity index (χ0) is 17.3. The number of esters is 3. The molecule has 0 N–H and O–H groups in total. The predicted octanol–water partition coefficient (Wildman–Crippen LogP) is 0.158. The van der Waals surface area contributed by atoms with Crippen molar-refractivity contribution in [3.05, 3.63) is 0 Å². The Morgan fingerprint density at radius 1 is 0.783 bits per heavy atom. The number of fused-ring (bicyclic) bond motifs is 2. The first-order valence-corrected chi connectivity index (χ1v) is 7.38. The van der Waals surface area contributed by atoms with Gasteiger partial charge >= 0.3 is 17.9 Å². The minimum Gasteiger partial charge on any atom is -0.456 e. The fourth-order valence-corrected chi connectivity index (χ4v) is 3.22. The summed E-state index contributed by atoms with van der Waals surface area (Å²) in [7, 11) is 0. The molecule has 128 valence electrons. The molecule has 2 heterocycles. The van der Waals surface area contributed by atoms with E-state index in [0.29, 0.717) is 6.42 Å². The summed E-state index contributed by atoms with van der Waals surface area (Å²) in [5, 5.41) is 0. The molecule has 2 unspecified atom stereocenters. The van der Waals surface area contributed by atoms with Crippen molar-refractivity contribution >= 4 is 23.7 Å². The Labute approximate surface area is 133 Å². The third kappa shape index (κ3) is 3.69. The Balaban J connectivity index is 2.38. The van der Waals surface area contributed by atoms with Crippen LogP contribution in [0.4, 0.5) is 0 Å². The van der Waals surface area contributed by atoms with Gasteiger partial charge in [0.15, 0.2) is 18.3 Å². The van der Waals surface area contributed by atoms with Crippen molar-refractivity contribution < 1.29 is 38.1 Å². The van der Waals surface area contributed by atoms with Crippen LogP contribution in [0.5, 0.6) is 0 Å². The number of Topliss-reactive ketones (excluding diaryl/α,β-unsaturated/α-hetero) is 1. The van der Waals surface area contributed by atoms with E-state index >= 15 is 0 Å². The summed E-state index contributed by atoms with van der Waals surface area (Å²) in [6, 6.07) is 0. The molecular formula is C15H20O8. The van der Waals surface area contributed by atoms with Crippen LogP contribution in [0.2, 0.25) is 0 Å². The van der Waals surface area contributed by atoms with Gasteiger partial charge in [0, 0.05) is 20.8 Å². The molecule has 2 fully saturated rings. The van der Waals surface area contributed by atoms with Crippen LogP contribution >= 0.6 is 0 Å². The number of rotatable bonds is 4. The van der Waals surface area contributed by atoms with E-state index in [2.05, 4.69) is 0 Å². The van der Waals surface area contributed by atoms with Crippen molar-refractivity contribution in [3.8, 4) is 0 Å². The molecule has 0 amide bonds. The van der Waals surface area contributed by atoms with Crippen molar-refractivity contribution in [2.45, 2.75) is 64.6 Å².